The second kappa shape index (κ2) is 9.80. The van der Waals surface area contributed by atoms with E-state index < -0.39 is 0 Å². The Labute approximate surface area is 171 Å². The average Bonchev–Trinajstić information content (AvgIpc) is 3.42. The topological polar surface area (TPSA) is 78.7 Å². The summed E-state index contributed by atoms with van der Waals surface area (Å²) in [6.07, 6.45) is 2.06. The molecular formula is C19H27IN4O2. The molecule has 0 aliphatic heterocycles. The number of rotatable bonds is 7. The van der Waals surface area contributed by atoms with Gasteiger partial charge in [0, 0.05) is 36.5 Å². The molecule has 1 aliphatic rings. The molecular weight excluding hydrogens is 443 g/mol. The highest BCUT2D eigenvalue weighted by Gasteiger charge is 2.28. The number of hydrogen-bond donors (Lipinski definition) is 3. The van der Waals surface area contributed by atoms with Gasteiger partial charge in [-0.15, -0.1) is 24.0 Å². The number of furan rings is 1. The van der Waals surface area contributed by atoms with Gasteiger partial charge in [-0.25, -0.2) is 4.99 Å². The Bertz CT molecular complexity index is 768. The van der Waals surface area contributed by atoms with E-state index in [2.05, 4.69) is 33.9 Å². The quantitative estimate of drug-likeness (QED) is 0.252. The van der Waals surface area contributed by atoms with Crippen molar-refractivity contribution < 1.29 is 9.21 Å². The maximum Gasteiger partial charge on any atom is 0.223 e. The van der Waals surface area contributed by atoms with Crippen molar-refractivity contribution in [2.24, 2.45) is 10.9 Å². The standard InChI is InChI=1S/C19H26N4O2.HI/c1-3-20-19(22-11-10-21-18(24)14-8-9-14)23-12-17-13(2)15-6-4-5-7-16(15)25-17;/h4-7,14H,3,8-12H2,1-2H3,(H,21,24)(H2,20,22,23);1H. The van der Waals surface area contributed by atoms with Crippen LogP contribution in [0.2, 0.25) is 0 Å². The van der Waals surface area contributed by atoms with E-state index in [4.69, 9.17) is 4.42 Å². The molecule has 3 N–H and O–H groups in total. The molecule has 7 heteroatoms. The van der Waals surface area contributed by atoms with E-state index in [9.17, 15) is 4.79 Å². The van der Waals surface area contributed by atoms with Crippen molar-refractivity contribution in [3.8, 4) is 0 Å². The number of fused-ring (bicyclic) bond motifs is 1. The highest BCUT2D eigenvalue weighted by atomic mass is 127. The minimum atomic E-state index is 0. The van der Waals surface area contributed by atoms with Crippen LogP contribution in [0.5, 0.6) is 0 Å². The molecule has 1 amide bonds. The van der Waals surface area contributed by atoms with Gasteiger partial charge in [0.15, 0.2) is 5.96 Å². The Balaban J connectivity index is 0.00000243. The number of nitrogens with zero attached hydrogens (tertiary/aromatic N) is 1. The smallest absolute Gasteiger partial charge is 0.223 e. The van der Waals surface area contributed by atoms with Crippen LogP contribution >= 0.6 is 24.0 Å². The summed E-state index contributed by atoms with van der Waals surface area (Å²) in [4.78, 5) is 16.2. The zero-order chi connectivity index (χ0) is 17.6. The number of nitrogens with one attached hydrogen (secondary N) is 3. The van der Waals surface area contributed by atoms with Crippen molar-refractivity contribution >= 4 is 46.8 Å². The summed E-state index contributed by atoms with van der Waals surface area (Å²) in [6.45, 7) is 6.58. The zero-order valence-corrected chi connectivity index (χ0v) is 17.6. The maximum absolute atomic E-state index is 11.6. The fourth-order valence-electron chi connectivity index (χ4n) is 2.72. The van der Waals surface area contributed by atoms with Gasteiger partial charge in [-0.3, -0.25) is 4.79 Å². The average molecular weight is 470 g/mol. The Morgan fingerprint density at radius 1 is 1.19 bits per heavy atom. The number of carbonyl (C=O) groups is 1. The SMILES string of the molecule is CCNC(=NCc1oc2ccccc2c1C)NCCNC(=O)C1CC1.I. The number of amides is 1. The first-order valence-electron chi connectivity index (χ1n) is 8.96. The van der Waals surface area contributed by atoms with Gasteiger partial charge in [0.25, 0.3) is 0 Å². The van der Waals surface area contributed by atoms with Gasteiger partial charge in [-0.2, -0.15) is 0 Å². The maximum atomic E-state index is 11.6. The van der Waals surface area contributed by atoms with Crippen molar-refractivity contribution in [1.82, 2.24) is 16.0 Å². The number of guanidine groups is 1. The van der Waals surface area contributed by atoms with E-state index in [1.165, 1.54) is 0 Å². The normalized spacial score (nSPS) is 14.0. The number of aliphatic imine (C=N–C) groups is 1. The van der Waals surface area contributed by atoms with E-state index >= 15 is 0 Å². The van der Waals surface area contributed by atoms with Gasteiger partial charge in [0.1, 0.15) is 17.9 Å². The molecule has 0 atom stereocenters. The summed E-state index contributed by atoms with van der Waals surface area (Å²) in [6, 6.07) is 8.02. The van der Waals surface area contributed by atoms with Crippen molar-refractivity contribution in [2.45, 2.75) is 33.2 Å². The van der Waals surface area contributed by atoms with Crippen LogP contribution in [0.15, 0.2) is 33.7 Å². The van der Waals surface area contributed by atoms with Crippen LogP contribution in [0.3, 0.4) is 0 Å². The third-order valence-electron chi connectivity index (χ3n) is 4.33. The van der Waals surface area contributed by atoms with Gasteiger partial charge in [-0.1, -0.05) is 18.2 Å². The Hall–Kier alpha value is -1.77. The summed E-state index contributed by atoms with van der Waals surface area (Å²) in [7, 11) is 0. The van der Waals surface area contributed by atoms with Crippen LogP contribution in [0.1, 0.15) is 31.1 Å². The van der Waals surface area contributed by atoms with E-state index in [-0.39, 0.29) is 35.8 Å². The van der Waals surface area contributed by atoms with E-state index in [0.717, 1.165) is 47.6 Å². The number of aryl methyl sites for hydroxylation is 1. The minimum Gasteiger partial charge on any atom is -0.459 e. The Kier molecular flexibility index (Phi) is 7.74. The number of benzene rings is 1. The number of halogens is 1. The van der Waals surface area contributed by atoms with E-state index in [0.29, 0.717) is 19.6 Å². The van der Waals surface area contributed by atoms with Crippen LogP contribution < -0.4 is 16.0 Å². The highest BCUT2D eigenvalue weighted by molar-refractivity contribution is 14.0. The van der Waals surface area contributed by atoms with Gasteiger partial charge in [0.05, 0.1) is 0 Å². The lowest BCUT2D eigenvalue weighted by atomic mass is 10.1. The number of carbonyl (C=O) groups excluding carboxylic acids is 1. The summed E-state index contributed by atoms with van der Waals surface area (Å²) < 4.78 is 5.90. The molecule has 1 fully saturated rings. The first kappa shape index (κ1) is 20.5. The van der Waals surface area contributed by atoms with Crippen LogP contribution in [0, 0.1) is 12.8 Å². The molecule has 26 heavy (non-hydrogen) atoms. The van der Waals surface area contributed by atoms with Gasteiger partial charge >= 0.3 is 0 Å². The molecule has 1 aromatic carbocycles. The second-order valence-corrected chi connectivity index (χ2v) is 6.33. The largest absolute Gasteiger partial charge is 0.459 e. The molecule has 0 radical (unpaired) electrons. The third kappa shape index (κ3) is 5.36. The second-order valence-electron chi connectivity index (χ2n) is 6.33. The summed E-state index contributed by atoms with van der Waals surface area (Å²) in [5.41, 5.74) is 2.03. The molecule has 1 aliphatic carbocycles. The first-order valence-corrected chi connectivity index (χ1v) is 8.96. The monoisotopic (exact) mass is 470 g/mol. The van der Waals surface area contributed by atoms with Crippen molar-refractivity contribution in [3.63, 3.8) is 0 Å². The van der Waals surface area contributed by atoms with Crippen LogP contribution in [0.4, 0.5) is 0 Å². The summed E-state index contributed by atoms with van der Waals surface area (Å²) in [5.74, 6) is 2.02. The molecule has 0 bridgehead atoms. The number of para-hydroxylation sites is 1. The third-order valence-corrected chi connectivity index (χ3v) is 4.33. The zero-order valence-electron chi connectivity index (χ0n) is 15.3. The van der Waals surface area contributed by atoms with Crippen molar-refractivity contribution in [2.75, 3.05) is 19.6 Å². The lowest BCUT2D eigenvalue weighted by Gasteiger charge is -2.11. The molecule has 2 aromatic rings. The van der Waals surface area contributed by atoms with Gasteiger partial charge in [-0.05, 0) is 32.8 Å². The fourth-order valence-corrected chi connectivity index (χ4v) is 2.72. The van der Waals surface area contributed by atoms with Gasteiger partial charge < -0.3 is 20.4 Å². The Morgan fingerprint density at radius 2 is 1.92 bits per heavy atom. The van der Waals surface area contributed by atoms with Gasteiger partial charge in [0.2, 0.25) is 5.91 Å². The molecule has 6 nitrogen and oxygen atoms in total. The molecule has 1 heterocycles. The number of hydrogen-bond acceptors (Lipinski definition) is 3. The molecule has 142 valence electrons. The molecule has 1 aromatic heterocycles. The van der Waals surface area contributed by atoms with Crippen LogP contribution in [-0.2, 0) is 11.3 Å². The van der Waals surface area contributed by atoms with E-state index in [1.54, 1.807) is 0 Å². The van der Waals surface area contributed by atoms with Crippen LogP contribution in [0.25, 0.3) is 11.0 Å². The molecule has 0 saturated heterocycles. The minimum absolute atomic E-state index is 0. The molecule has 1 saturated carbocycles. The molecule has 0 spiro atoms. The highest BCUT2D eigenvalue weighted by Crippen LogP contribution is 2.28. The predicted molar refractivity (Wildman–Crippen MR) is 115 cm³/mol. The molecule has 0 unspecified atom stereocenters. The predicted octanol–water partition coefficient (Wildman–Crippen LogP) is 2.94. The van der Waals surface area contributed by atoms with Crippen molar-refractivity contribution in [1.29, 1.82) is 0 Å². The molecule has 3 rings (SSSR count). The summed E-state index contributed by atoms with van der Waals surface area (Å²) >= 11 is 0. The Morgan fingerprint density at radius 3 is 2.62 bits per heavy atom. The van der Waals surface area contributed by atoms with E-state index in [1.807, 2.05) is 25.1 Å². The fraction of sp³-hybridized carbons (Fsp3) is 0.474. The summed E-state index contributed by atoms with van der Waals surface area (Å²) in [5, 5.41) is 10.5. The first-order chi connectivity index (χ1) is 12.2. The van der Waals surface area contributed by atoms with Crippen LogP contribution in [-0.4, -0.2) is 31.5 Å². The lowest BCUT2D eigenvalue weighted by molar-refractivity contribution is -0.122. The van der Waals surface area contributed by atoms with Crippen molar-refractivity contribution in [3.05, 3.63) is 35.6 Å². The lowest BCUT2D eigenvalue weighted by Crippen LogP contribution is -2.41.